The molecular formula is C19H17NO4. The van der Waals surface area contributed by atoms with E-state index in [1.807, 2.05) is 13.8 Å². The fourth-order valence-electron chi connectivity index (χ4n) is 4.44. The normalized spacial score (nSPS) is 30.2. The minimum atomic E-state index is -1.03. The van der Waals surface area contributed by atoms with E-state index in [4.69, 9.17) is 5.11 Å². The van der Waals surface area contributed by atoms with Crippen molar-refractivity contribution in [1.29, 1.82) is 0 Å². The van der Waals surface area contributed by atoms with E-state index in [9.17, 15) is 14.4 Å². The first kappa shape index (κ1) is 14.9. The van der Waals surface area contributed by atoms with E-state index in [-0.39, 0.29) is 41.0 Å². The second-order valence-corrected chi connectivity index (χ2v) is 6.81. The van der Waals surface area contributed by atoms with Gasteiger partial charge in [0.25, 0.3) is 0 Å². The Bertz CT molecular complexity index is 795. The number of rotatable bonds is 2. The Kier molecular flexibility index (Phi) is 3.04. The molecule has 5 heteroatoms. The van der Waals surface area contributed by atoms with E-state index in [0.29, 0.717) is 5.69 Å². The predicted octanol–water partition coefficient (Wildman–Crippen LogP) is 2.64. The van der Waals surface area contributed by atoms with E-state index in [1.165, 1.54) is 40.3 Å². The van der Waals surface area contributed by atoms with Crippen LogP contribution < -0.4 is 4.90 Å². The van der Waals surface area contributed by atoms with Gasteiger partial charge in [-0.15, -0.1) is 0 Å². The smallest absolute Gasteiger partial charge is 0.335 e. The molecule has 2 bridgehead atoms. The lowest BCUT2D eigenvalue weighted by Gasteiger charge is -2.19. The highest BCUT2D eigenvalue weighted by Gasteiger charge is 2.61. The monoisotopic (exact) mass is 323 g/mol. The Morgan fingerprint density at radius 2 is 1.46 bits per heavy atom. The molecule has 4 rings (SSSR count). The van der Waals surface area contributed by atoms with Crippen molar-refractivity contribution >= 4 is 23.5 Å². The molecule has 0 unspecified atom stereocenters. The van der Waals surface area contributed by atoms with Crippen molar-refractivity contribution in [3.05, 3.63) is 53.1 Å². The van der Waals surface area contributed by atoms with Crippen molar-refractivity contribution in [2.45, 2.75) is 13.8 Å². The minimum absolute atomic E-state index is 0.0183. The van der Waals surface area contributed by atoms with Gasteiger partial charge in [-0.25, -0.2) is 9.69 Å². The van der Waals surface area contributed by atoms with E-state index >= 15 is 0 Å². The molecule has 2 fully saturated rings. The van der Waals surface area contributed by atoms with Gasteiger partial charge < -0.3 is 5.11 Å². The summed E-state index contributed by atoms with van der Waals surface area (Å²) in [5, 5.41) is 8.97. The lowest BCUT2D eigenvalue weighted by atomic mass is 9.85. The molecule has 3 aliphatic rings. The number of benzene rings is 1. The van der Waals surface area contributed by atoms with Crippen LogP contribution >= 0.6 is 0 Å². The first-order chi connectivity index (χ1) is 11.4. The molecule has 1 N–H and O–H groups in total. The Morgan fingerprint density at radius 1 is 0.958 bits per heavy atom. The largest absolute Gasteiger partial charge is 0.478 e. The van der Waals surface area contributed by atoms with Crippen molar-refractivity contribution in [3.8, 4) is 0 Å². The summed E-state index contributed by atoms with van der Waals surface area (Å²) in [4.78, 5) is 38.0. The van der Waals surface area contributed by atoms with Crippen molar-refractivity contribution in [1.82, 2.24) is 0 Å². The van der Waals surface area contributed by atoms with Gasteiger partial charge in [-0.05, 0) is 38.1 Å². The van der Waals surface area contributed by atoms with Crippen LogP contribution in [0.15, 0.2) is 47.6 Å². The predicted molar refractivity (Wildman–Crippen MR) is 87.4 cm³/mol. The number of carboxylic acid groups (broad SMARTS) is 1. The molecule has 1 saturated heterocycles. The van der Waals surface area contributed by atoms with Gasteiger partial charge in [0.2, 0.25) is 11.8 Å². The molecule has 5 nitrogen and oxygen atoms in total. The highest BCUT2D eigenvalue weighted by atomic mass is 16.4. The van der Waals surface area contributed by atoms with Crippen molar-refractivity contribution in [3.63, 3.8) is 0 Å². The Hall–Kier alpha value is -2.69. The number of anilines is 1. The topological polar surface area (TPSA) is 74.7 Å². The molecule has 1 heterocycles. The zero-order chi connectivity index (χ0) is 17.2. The van der Waals surface area contributed by atoms with Gasteiger partial charge in [-0.1, -0.05) is 23.3 Å². The van der Waals surface area contributed by atoms with E-state index in [1.54, 1.807) is 0 Å². The molecule has 122 valence electrons. The lowest BCUT2D eigenvalue weighted by Crippen LogP contribution is -2.33. The molecule has 2 aliphatic carbocycles. The molecule has 0 aromatic heterocycles. The van der Waals surface area contributed by atoms with Gasteiger partial charge >= 0.3 is 5.97 Å². The van der Waals surface area contributed by atoms with Crippen molar-refractivity contribution in [2.75, 3.05) is 4.90 Å². The van der Waals surface area contributed by atoms with E-state index < -0.39 is 5.97 Å². The van der Waals surface area contributed by atoms with Crippen LogP contribution in [0.4, 0.5) is 5.69 Å². The fraction of sp³-hybridized carbons (Fsp3) is 0.316. The lowest BCUT2D eigenvalue weighted by molar-refractivity contribution is -0.122. The maximum Gasteiger partial charge on any atom is 0.335 e. The minimum Gasteiger partial charge on any atom is -0.478 e. The molecule has 1 saturated carbocycles. The van der Waals surface area contributed by atoms with Crippen LogP contribution in [0.5, 0.6) is 0 Å². The number of nitrogens with zero attached hydrogens (tertiary/aromatic N) is 1. The van der Waals surface area contributed by atoms with Crippen LogP contribution in [0, 0.1) is 23.7 Å². The van der Waals surface area contributed by atoms with Crippen LogP contribution in [-0.4, -0.2) is 22.9 Å². The Labute approximate surface area is 139 Å². The first-order valence-corrected chi connectivity index (χ1v) is 7.98. The number of fused-ring (bicyclic) bond motifs is 5. The Balaban J connectivity index is 1.71. The molecule has 4 atom stereocenters. The fourth-order valence-corrected chi connectivity index (χ4v) is 4.44. The van der Waals surface area contributed by atoms with Crippen LogP contribution in [-0.2, 0) is 9.59 Å². The second kappa shape index (κ2) is 4.90. The summed E-state index contributed by atoms with van der Waals surface area (Å²) < 4.78 is 0. The number of hydrogen-bond donors (Lipinski definition) is 1. The van der Waals surface area contributed by atoms with Crippen LogP contribution in [0.1, 0.15) is 24.2 Å². The van der Waals surface area contributed by atoms with Crippen LogP contribution in [0.2, 0.25) is 0 Å². The van der Waals surface area contributed by atoms with Gasteiger partial charge in [-0.2, -0.15) is 0 Å². The number of hydrogen-bond acceptors (Lipinski definition) is 3. The number of aromatic carboxylic acids is 1. The average molecular weight is 323 g/mol. The van der Waals surface area contributed by atoms with E-state index in [2.05, 4.69) is 12.2 Å². The van der Waals surface area contributed by atoms with Crippen LogP contribution in [0.3, 0.4) is 0 Å². The second-order valence-electron chi connectivity index (χ2n) is 6.81. The van der Waals surface area contributed by atoms with E-state index in [0.717, 1.165) is 0 Å². The number of amides is 2. The average Bonchev–Trinajstić information content (AvgIpc) is 3.18. The van der Waals surface area contributed by atoms with Gasteiger partial charge in [0, 0.05) is 11.8 Å². The summed E-state index contributed by atoms with van der Waals surface area (Å²) in [6.45, 7) is 4.06. The van der Waals surface area contributed by atoms with Crippen molar-refractivity contribution < 1.29 is 19.5 Å². The standard InChI is InChI=1S/C19H17NO4/c1-9(2)14-12-7-8-13(14)16-15(12)17(21)20(18(16)22)11-5-3-10(4-6-11)19(23)24/h3-8,12-13,15-16H,1-2H3,(H,23,24)/t12-,13-,15+,16+/m1/s1. The van der Waals surface area contributed by atoms with Crippen molar-refractivity contribution in [2.24, 2.45) is 23.7 Å². The zero-order valence-electron chi connectivity index (χ0n) is 13.4. The molecule has 1 aromatic rings. The molecule has 2 amide bonds. The molecular weight excluding hydrogens is 306 g/mol. The maximum absolute atomic E-state index is 12.9. The quantitative estimate of drug-likeness (QED) is 0.670. The summed E-state index contributed by atoms with van der Waals surface area (Å²) >= 11 is 0. The number of carbonyl (C=O) groups is 3. The summed E-state index contributed by atoms with van der Waals surface area (Å²) in [5.74, 6) is -2.00. The number of allylic oxidation sites excluding steroid dienone is 4. The van der Waals surface area contributed by atoms with Gasteiger partial charge in [-0.3, -0.25) is 9.59 Å². The third kappa shape index (κ3) is 1.78. The highest BCUT2D eigenvalue weighted by Crippen LogP contribution is 2.57. The van der Waals surface area contributed by atoms with Gasteiger partial charge in [0.15, 0.2) is 0 Å². The van der Waals surface area contributed by atoms with Gasteiger partial charge in [0.1, 0.15) is 0 Å². The molecule has 0 spiro atoms. The number of imide groups is 1. The Morgan fingerprint density at radius 3 is 1.88 bits per heavy atom. The zero-order valence-corrected chi connectivity index (χ0v) is 13.4. The highest BCUT2D eigenvalue weighted by molar-refractivity contribution is 6.23. The number of carboxylic acids is 1. The third-order valence-electron chi connectivity index (χ3n) is 5.37. The SMILES string of the molecule is CC(C)=C1[C@H]2C=C[C@H]1[C@@H]1C(=O)N(c3ccc(C(=O)O)cc3)C(=O)[C@H]12. The molecule has 1 aromatic carbocycles. The summed E-state index contributed by atoms with van der Waals surface area (Å²) in [7, 11) is 0. The molecule has 1 aliphatic heterocycles. The molecule has 24 heavy (non-hydrogen) atoms. The summed E-state index contributed by atoms with van der Waals surface area (Å²) in [6, 6.07) is 5.89. The maximum atomic E-state index is 12.9. The summed E-state index contributed by atoms with van der Waals surface area (Å²) in [6.07, 6.45) is 4.10. The third-order valence-corrected chi connectivity index (χ3v) is 5.37. The summed E-state index contributed by atoms with van der Waals surface area (Å²) in [5.41, 5.74) is 2.98. The number of carbonyl (C=O) groups excluding carboxylic acids is 2. The molecule has 0 radical (unpaired) electrons. The van der Waals surface area contributed by atoms with Gasteiger partial charge in [0.05, 0.1) is 23.1 Å². The van der Waals surface area contributed by atoms with Crippen LogP contribution in [0.25, 0.3) is 0 Å². The first-order valence-electron chi connectivity index (χ1n) is 7.98.